The van der Waals surface area contributed by atoms with Gasteiger partial charge in [0.25, 0.3) is 5.91 Å². The third-order valence-electron chi connectivity index (χ3n) is 2.93. The first-order valence-corrected chi connectivity index (χ1v) is 6.48. The Bertz CT molecular complexity index is 646. The SMILES string of the molecule is Cc1cc(Cl)c(C(=O)N(C)Cc2ccccc2F)cn1. The minimum absolute atomic E-state index is 0.176. The largest absolute Gasteiger partial charge is 0.337 e. The molecule has 0 spiro atoms. The number of carbonyl (C=O) groups excluding carboxylic acids is 1. The third-order valence-corrected chi connectivity index (χ3v) is 3.25. The van der Waals surface area contributed by atoms with Gasteiger partial charge in [0.2, 0.25) is 0 Å². The molecule has 0 N–H and O–H groups in total. The maximum Gasteiger partial charge on any atom is 0.256 e. The van der Waals surface area contributed by atoms with Crippen LogP contribution >= 0.6 is 11.6 Å². The summed E-state index contributed by atoms with van der Waals surface area (Å²) in [6.07, 6.45) is 1.44. The summed E-state index contributed by atoms with van der Waals surface area (Å²) in [6, 6.07) is 7.99. The van der Waals surface area contributed by atoms with Gasteiger partial charge >= 0.3 is 0 Å². The number of pyridine rings is 1. The van der Waals surface area contributed by atoms with Crippen molar-refractivity contribution in [1.82, 2.24) is 9.88 Å². The van der Waals surface area contributed by atoms with Gasteiger partial charge in [-0.2, -0.15) is 0 Å². The standard InChI is InChI=1S/C15H14ClFN2O/c1-10-7-13(16)12(8-18-10)15(20)19(2)9-11-5-3-4-6-14(11)17/h3-8H,9H2,1-2H3. The first-order chi connectivity index (χ1) is 9.49. The molecule has 0 unspecified atom stereocenters. The molecule has 0 fully saturated rings. The summed E-state index contributed by atoms with van der Waals surface area (Å²) in [4.78, 5) is 17.7. The molecule has 1 aromatic heterocycles. The molecule has 0 radical (unpaired) electrons. The Balaban J connectivity index is 2.19. The molecular weight excluding hydrogens is 279 g/mol. The zero-order chi connectivity index (χ0) is 14.7. The second-order valence-electron chi connectivity index (χ2n) is 4.56. The fraction of sp³-hybridized carbons (Fsp3) is 0.200. The molecule has 5 heteroatoms. The number of halogens is 2. The van der Waals surface area contributed by atoms with Crippen molar-refractivity contribution in [2.75, 3.05) is 7.05 Å². The minimum atomic E-state index is -0.333. The highest BCUT2D eigenvalue weighted by Gasteiger charge is 2.17. The van der Waals surface area contributed by atoms with Gasteiger partial charge in [-0.1, -0.05) is 29.8 Å². The highest BCUT2D eigenvalue weighted by Crippen LogP contribution is 2.18. The Labute approximate surface area is 122 Å². The lowest BCUT2D eigenvalue weighted by Gasteiger charge is -2.18. The minimum Gasteiger partial charge on any atom is -0.337 e. The van der Waals surface area contributed by atoms with Gasteiger partial charge in [-0.15, -0.1) is 0 Å². The van der Waals surface area contributed by atoms with E-state index in [9.17, 15) is 9.18 Å². The van der Waals surface area contributed by atoms with Crippen molar-refractivity contribution < 1.29 is 9.18 Å². The zero-order valence-corrected chi connectivity index (χ0v) is 12.0. The number of carbonyl (C=O) groups is 1. The number of hydrogen-bond donors (Lipinski definition) is 0. The number of aryl methyl sites for hydroxylation is 1. The second-order valence-corrected chi connectivity index (χ2v) is 4.97. The molecule has 1 aromatic carbocycles. The summed E-state index contributed by atoms with van der Waals surface area (Å²) in [5.41, 5.74) is 1.51. The molecule has 0 atom stereocenters. The van der Waals surface area contributed by atoms with Crippen LogP contribution in [0.15, 0.2) is 36.5 Å². The fourth-order valence-electron chi connectivity index (χ4n) is 1.84. The molecule has 2 rings (SSSR count). The highest BCUT2D eigenvalue weighted by atomic mass is 35.5. The number of aromatic nitrogens is 1. The molecule has 0 aliphatic carbocycles. The molecular formula is C15H14ClFN2O. The Morgan fingerprint density at radius 3 is 2.75 bits per heavy atom. The van der Waals surface area contributed by atoms with Crippen LogP contribution < -0.4 is 0 Å². The van der Waals surface area contributed by atoms with Crippen LogP contribution in [0.2, 0.25) is 5.02 Å². The molecule has 2 aromatic rings. The van der Waals surface area contributed by atoms with Crippen LogP contribution in [0.3, 0.4) is 0 Å². The van der Waals surface area contributed by atoms with Gasteiger partial charge in [-0.3, -0.25) is 9.78 Å². The molecule has 104 valence electrons. The molecule has 20 heavy (non-hydrogen) atoms. The van der Waals surface area contributed by atoms with Gasteiger partial charge in [0.15, 0.2) is 0 Å². The Morgan fingerprint density at radius 2 is 2.10 bits per heavy atom. The maximum atomic E-state index is 13.6. The lowest BCUT2D eigenvalue weighted by Crippen LogP contribution is -2.27. The fourth-order valence-corrected chi connectivity index (χ4v) is 2.13. The van der Waals surface area contributed by atoms with E-state index in [1.165, 1.54) is 17.2 Å². The molecule has 0 saturated heterocycles. The zero-order valence-electron chi connectivity index (χ0n) is 11.2. The Morgan fingerprint density at radius 1 is 1.40 bits per heavy atom. The van der Waals surface area contributed by atoms with E-state index in [1.807, 2.05) is 0 Å². The van der Waals surface area contributed by atoms with E-state index in [1.54, 1.807) is 38.2 Å². The highest BCUT2D eigenvalue weighted by molar-refractivity contribution is 6.33. The summed E-state index contributed by atoms with van der Waals surface area (Å²) in [6.45, 7) is 1.97. The van der Waals surface area contributed by atoms with Crippen LogP contribution in [-0.2, 0) is 6.54 Å². The molecule has 0 saturated carbocycles. The van der Waals surface area contributed by atoms with Crippen molar-refractivity contribution in [3.8, 4) is 0 Å². The van der Waals surface area contributed by atoms with Gasteiger partial charge in [-0.25, -0.2) is 4.39 Å². The molecule has 0 aliphatic heterocycles. The smallest absolute Gasteiger partial charge is 0.256 e. The summed E-state index contributed by atoms with van der Waals surface area (Å²) in [5, 5.41) is 0.350. The second kappa shape index (κ2) is 6.01. The van der Waals surface area contributed by atoms with Crippen molar-refractivity contribution in [2.24, 2.45) is 0 Å². The quantitative estimate of drug-likeness (QED) is 0.868. The van der Waals surface area contributed by atoms with Crippen molar-refractivity contribution in [2.45, 2.75) is 13.5 Å². The number of hydrogen-bond acceptors (Lipinski definition) is 2. The summed E-state index contributed by atoms with van der Waals surface area (Å²) in [7, 11) is 1.60. The Hall–Kier alpha value is -1.94. The molecule has 0 bridgehead atoms. The molecule has 1 amide bonds. The van der Waals surface area contributed by atoms with E-state index in [4.69, 9.17) is 11.6 Å². The van der Waals surface area contributed by atoms with Crippen molar-refractivity contribution in [3.63, 3.8) is 0 Å². The molecule has 1 heterocycles. The van der Waals surface area contributed by atoms with Crippen LogP contribution in [0.25, 0.3) is 0 Å². The Kier molecular flexibility index (Phi) is 4.35. The van der Waals surface area contributed by atoms with Crippen LogP contribution in [-0.4, -0.2) is 22.8 Å². The van der Waals surface area contributed by atoms with E-state index in [2.05, 4.69) is 4.98 Å². The average Bonchev–Trinajstić information content (AvgIpc) is 2.40. The van der Waals surface area contributed by atoms with E-state index in [0.29, 0.717) is 16.1 Å². The average molecular weight is 293 g/mol. The first-order valence-electron chi connectivity index (χ1n) is 6.10. The van der Waals surface area contributed by atoms with Crippen LogP contribution in [0.5, 0.6) is 0 Å². The van der Waals surface area contributed by atoms with Gasteiger partial charge in [0.05, 0.1) is 10.6 Å². The van der Waals surface area contributed by atoms with E-state index in [0.717, 1.165) is 5.69 Å². The van der Waals surface area contributed by atoms with Crippen LogP contribution in [0.1, 0.15) is 21.6 Å². The van der Waals surface area contributed by atoms with Crippen molar-refractivity contribution >= 4 is 17.5 Å². The predicted octanol–water partition coefficient (Wildman–Crippen LogP) is 3.45. The van der Waals surface area contributed by atoms with E-state index < -0.39 is 0 Å². The van der Waals surface area contributed by atoms with E-state index >= 15 is 0 Å². The summed E-state index contributed by atoms with van der Waals surface area (Å²) < 4.78 is 13.6. The lowest BCUT2D eigenvalue weighted by molar-refractivity contribution is 0.0783. The third kappa shape index (κ3) is 3.14. The lowest BCUT2D eigenvalue weighted by atomic mass is 10.2. The van der Waals surface area contributed by atoms with Gasteiger partial charge in [-0.05, 0) is 19.1 Å². The molecule has 3 nitrogen and oxygen atoms in total. The van der Waals surface area contributed by atoms with Crippen molar-refractivity contribution in [1.29, 1.82) is 0 Å². The number of rotatable bonds is 3. The number of amides is 1. The summed E-state index contributed by atoms with van der Waals surface area (Å²) >= 11 is 6.04. The predicted molar refractivity (Wildman–Crippen MR) is 76.2 cm³/mol. The normalized spacial score (nSPS) is 10.4. The van der Waals surface area contributed by atoms with Crippen molar-refractivity contribution in [3.05, 3.63) is 64.2 Å². The number of nitrogens with zero attached hydrogens (tertiary/aromatic N) is 2. The maximum absolute atomic E-state index is 13.6. The first kappa shape index (κ1) is 14.5. The van der Waals surface area contributed by atoms with E-state index in [-0.39, 0.29) is 18.3 Å². The summed E-state index contributed by atoms with van der Waals surface area (Å²) in [5.74, 6) is -0.619. The van der Waals surface area contributed by atoms with Gasteiger partial charge in [0.1, 0.15) is 5.82 Å². The van der Waals surface area contributed by atoms with Crippen LogP contribution in [0, 0.1) is 12.7 Å². The molecule has 0 aliphatic rings. The van der Waals surface area contributed by atoms with Gasteiger partial charge in [0, 0.05) is 31.0 Å². The topological polar surface area (TPSA) is 33.2 Å². The van der Waals surface area contributed by atoms with Crippen LogP contribution in [0.4, 0.5) is 4.39 Å². The number of benzene rings is 1. The monoisotopic (exact) mass is 292 g/mol. The van der Waals surface area contributed by atoms with Gasteiger partial charge < -0.3 is 4.90 Å².